The number of unbranched alkanes of at least 4 members (excludes halogenated alkanes) is 1. The summed E-state index contributed by atoms with van der Waals surface area (Å²) in [5, 5.41) is 3.56. The van der Waals surface area contributed by atoms with Crippen molar-refractivity contribution in [1.29, 1.82) is 0 Å². The van der Waals surface area contributed by atoms with E-state index in [0.29, 0.717) is 0 Å². The topological polar surface area (TPSA) is 45.1 Å². The van der Waals surface area contributed by atoms with E-state index in [9.17, 15) is 0 Å². The first-order chi connectivity index (χ1) is 16.4. The number of anilines is 3. The molecule has 1 unspecified atom stereocenters. The normalized spacial score (nSPS) is 24.9. The number of morpholine rings is 1. The van der Waals surface area contributed by atoms with Crippen LogP contribution in [0.2, 0.25) is 0 Å². The molecule has 0 bridgehead atoms. The Labute approximate surface area is 199 Å². The molecule has 4 aliphatic heterocycles. The third kappa shape index (κ3) is 4.91. The minimum atomic E-state index is 0.180. The van der Waals surface area contributed by atoms with Crippen molar-refractivity contribution in [1.82, 2.24) is 9.88 Å². The average Bonchev–Trinajstić information content (AvgIpc) is 3.52. The van der Waals surface area contributed by atoms with Gasteiger partial charge in [0, 0.05) is 65.2 Å². The summed E-state index contributed by atoms with van der Waals surface area (Å²) in [6.07, 6.45) is 13.4. The number of hydrogen-bond donors (Lipinski definition) is 1. The number of aromatic nitrogens is 1. The predicted octanol–water partition coefficient (Wildman–Crippen LogP) is 3.85. The van der Waals surface area contributed by atoms with Crippen LogP contribution < -0.4 is 20.0 Å². The van der Waals surface area contributed by atoms with E-state index in [1.165, 1.54) is 48.6 Å². The van der Waals surface area contributed by atoms with Crippen molar-refractivity contribution in [3.63, 3.8) is 0 Å². The number of nitrogens with one attached hydrogen (secondary N) is 1. The second-order valence-electron chi connectivity index (χ2n) is 9.84. The molecule has 4 aliphatic rings. The molecule has 1 aromatic rings. The summed E-state index contributed by atoms with van der Waals surface area (Å²) in [5.41, 5.74) is 4.27. The van der Waals surface area contributed by atoms with Gasteiger partial charge in [-0.3, -0.25) is 0 Å². The highest BCUT2D eigenvalue weighted by Crippen LogP contribution is 2.50. The smallest absolute Gasteiger partial charge is 0.139 e. The molecule has 0 spiro atoms. The zero-order valence-electron chi connectivity index (χ0n) is 20.6. The maximum Gasteiger partial charge on any atom is 0.139 e. The van der Waals surface area contributed by atoms with Gasteiger partial charge >= 0.3 is 0 Å². The first kappa shape index (κ1) is 23.1. The molecule has 33 heavy (non-hydrogen) atoms. The van der Waals surface area contributed by atoms with Crippen LogP contribution in [0.1, 0.15) is 63.7 Å². The van der Waals surface area contributed by atoms with Crippen LogP contribution in [0, 0.1) is 0 Å². The van der Waals surface area contributed by atoms with Gasteiger partial charge in [-0.15, -0.1) is 0 Å². The molecule has 5 rings (SSSR count). The van der Waals surface area contributed by atoms with Crippen LogP contribution in [0.4, 0.5) is 17.2 Å². The second kappa shape index (κ2) is 11.2. The van der Waals surface area contributed by atoms with Gasteiger partial charge in [-0.1, -0.05) is 19.4 Å². The molecule has 7 nitrogen and oxygen atoms in total. The quantitative estimate of drug-likeness (QED) is 0.671. The summed E-state index contributed by atoms with van der Waals surface area (Å²) >= 11 is 0. The number of allylic oxidation sites excluding steroid dienone is 1. The summed E-state index contributed by atoms with van der Waals surface area (Å²) in [7, 11) is 0. The Balaban J connectivity index is 1.71. The Kier molecular flexibility index (Phi) is 7.79. The lowest BCUT2D eigenvalue weighted by Crippen LogP contribution is -2.45. The van der Waals surface area contributed by atoms with Crippen molar-refractivity contribution in [2.24, 2.45) is 0 Å². The summed E-state index contributed by atoms with van der Waals surface area (Å²) < 4.78 is 14.7. The number of hydrogen-bond acceptors (Lipinski definition) is 6. The van der Waals surface area contributed by atoms with Crippen molar-refractivity contribution in [3.8, 4) is 0 Å². The number of piperidine rings is 1. The zero-order chi connectivity index (χ0) is 22.5. The Morgan fingerprint density at radius 1 is 0.848 bits per heavy atom. The van der Waals surface area contributed by atoms with Crippen molar-refractivity contribution in [2.45, 2.75) is 58.0 Å². The van der Waals surface area contributed by atoms with Gasteiger partial charge in [-0.2, -0.15) is 0 Å². The van der Waals surface area contributed by atoms with Crippen LogP contribution >= 0.6 is 0 Å². The van der Waals surface area contributed by atoms with Crippen molar-refractivity contribution >= 4 is 23.4 Å². The monoisotopic (exact) mass is 457 g/mol. The van der Waals surface area contributed by atoms with E-state index in [1.54, 1.807) is 0 Å². The maximum atomic E-state index is 6.40. The summed E-state index contributed by atoms with van der Waals surface area (Å²) in [6.45, 7) is 13.2. The number of ether oxygens (including phenoxy) is 2. The van der Waals surface area contributed by atoms with Gasteiger partial charge < -0.3 is 34.1 Å². The fourth-order valence-corrected chi connectivity index (χ4v) is 5.85. The van der Waals surface area contributed by atoms with Gasteiger partial charge in [0.15, 0.2) is 0 Å². The molecule has 7 heteroatoms. The number of piperazine rings is 1. The Bertz CT molecular complexity index is 783. The van der Waals surface area contributed by atoms with E-state index in [4.69, 9.17) is 9.47 Å². The third-order valence-corrected chi connectivity index (χ3v) is 7.53. The van der Waals surface area contributed by atoms with Gasteiger partial charge in [-0.25, -0.2) is 0 Å². The fourth-order valence-electron chi connectivity index (χ4n) is 5.85. The summed E-state index contributed by atoms with van der Waals surface area (Å²) in [5.74, 6) is 1.41. The van der Waals surface area contributed by atoms with E-state index in [0.717, 1.165) is 91.4 Å². The fraction of sp³-hybridized carbons (Fsp3) is 0.769. The molecule has 4 fully saturated rings. The van der Waals surface area contributed by atoms with E-state index in [-0.39, 0.29) is 6.10 Å². The molecule has 184 valence electrons. The molecule has 1 N–H and O–H groups in total. The van der Waals surface area contributed by atoms with Gasteiger partial charge in [0.25, 0.3) is 0 Å². The molecule has 0 amide bonds. The zero-order valence-corrected chi connectivity index (χ0v) is 20.6. The van der Waals surface area contributed by atoms with Gasteiger partial charge in [0.1, 0.15) is 17.6 Å². The van der Waals surface area contributed by atoms with E-state index < -0.39 is 0 Å². The predicted molar refractivity (Wildman–Crippen MR) is 137 cm³/mol. The number of rotatable bonds is 7. The Hall–Kier alpha value is -1.70. The molecule has 1 atom stereocenters. The lowest BCUT2D eigenvalue weighted by molar-refractivity contribution is 0.108. The molecule has 0 aromatic carbocycles. The van der Waals surface area contributed by atoms with Gasteiger partial charge in [-0.05, 0) is 38.5 Å². The lowest BCUT2D eigenvalue weighted by atomic mass is 10.1. The molecule has 0 saturated carbocycles. The molecule has 0 radical (unpaired) electrons. The SMILES string of the molecule is CCCC=Cn1c(C2CCCO2)c(N2CCNCC2)c(N2CCOCC2)c1N1CCCCC1. The molecular weight excluding hydrogens is 414 g/mol. The number of nitrogens with zero attached hydrogens (tertiary/aromatic N) is 4. The first-order valence-corrected chi connectivity index (χ1v) is 13.5. The minimum absolute atomic E-state index is 0.180. The highest BCUT2D eigenvalue weighted by atomic mass is 16.5. The van der Waals surface area contributed by atoms with Crippen molar-refractivity contribution in [3.05, 3.63) is 11.8 Å². The minimum Gasteiger partial charge on any atom is -0.378 e. The summed E-state index contributed by atoms with van der Waals surface area (Å²) in [4.78, 5) is 7.94. The van der Waals surface area contributed by atoms with Crippen molar-refractivity contribution in [2.75, 3.05) is 86.9 Å². The van der Waals surface area contributed by atoms with E-state index >= 15 is 0 Å². The van der Waals surface area contributed by atoms with Gasteiger partial charge in [0.2, 0.25) is 0 Å². The molecule has 1 aromatic heterocycles. The third-order valence-electron chi connectivity index (χ3n) is 7.53. The second-order valence-corrected chi connectivity index (χ2v) is 9.84. The molecule has 0 aliphatic carbocycles. The van der Waals surface area contributed by atoms with Crippen LogP contribution in [0.3, 0.4) is 0 Å². The largest absolute Gasteiger partial charge is 0.378 e. The highest BCUT2D eigenvalue weighted by molar-refractivity contribution is 5.89. The van der Waals surface area contributed by atoms with E-state index in [2.05, 4.69) is 43.8 Å². The van der Waals surface area contributed by atoms with Gasteiger partial charge in [0.05, 0.1) is 24.6 Å². The van der Waals surface area contributed by atoms with Crippen molar-refractivity contribution < 1.29 is 9.47 Å². The maximum absolute atomic E-state index is 6.40. The Morgan fingerprint density at radius 3 is 2.30 bits per heavy atom. The standard InChI is InChI=1S/C26H43N5O2/c1-2-3-5-14-31-23(22-9-8-19-33-22)24(28-15-10-27-11-16-28)25(29-17-20-32-21-18-29)26(31)30-12-6-4-7-13-30/h5,14,22,27H,2-4,6-13,15-21H2,1H3. The van der Waals surface area contributed by atoms with Crippen LogP contribution in [0.5, 0.6) is 0 Å². The average molecular weight is 458 g/mol. The molecule has 5 heterocycles. The highest BCUT2D eigenvalue weighted by Gasteiger charge is 2.37. The van der Waals surface area contributed by atoms with Crippen LogP contribution in [-0.2, 0) is 9.47 Å². The van der Waals surface area contributed by atoms with E-state index in [1.807, 2.05) is 0 Å². The Morgan fingerprint density at radius 2 is 1.61 bits per heavy atom. The first-order valence-electron chi connectivity index (χ1n) is 13.5. The molecule has 4 saturated heterocycles. The van der Waals surface area contributed by atoms with Crippen LogP contribution in [0.15, 0.2) is 6.08 Å². The lowest BCUT2D eigenvalue weighted by Gasteiger charge is -2.37. The molecular formula is C26H43N5O2. The van der Waals surface area contributed by atoms with Crippen LogP contribution in [0.25, 0.3) is 6.20 Å². The summed E-state index contributed by atoms with van der Waals surface area (Å²) in [6, 6.07) is 0. The van der Waals surface area contributed by atoms with Crippen LogP contribution in [-0.4, -0.2) is 76.7 Å².